The normalized spacial score (nSPS) is 31.7. The number of nitrogens with one attached hydrogen (secondary N) is 1. The molecule has 1 aliphatic rings. The Kier molecular flexibility index (Phi) is 5.25. The molecule has 1 aliphatic heterocycles. The number of aldehydes is 1. The number of hydrogen-bond donors (Lipinski definition) is 5. The van der Waals surface area contributed by atoms with E-state index < -0.39 is 53.7 Å². The Morgan fingerprint density at radius 1 is 1.37 bits per heavy atom. The number of aromatic nitrogens is 2. The zero-order chi connectivity index (χ0) is 21.0. The van der Waals surface area contributed by atoms with Gasteiger partial charge in [0.25, 0.3) is 11.4 Å². The van der Waals surface area contributed by atoms with Crippen LogP contribution in [-0.2, 0) is 19.4 Å². The van der Waals surface area contributed by atoms with E-state index in [1.165, 1.54) is 0 Å². The zero-order valence-corrected chi connectivity index (χ0v) is 15.2. The van der Waals surface area contributed by atoms with Crippen molar-refractivity contribution in [3.05, 3.63) is 32.6 Å². The fourth-order valence-corrected chi connectivity index (χ4v) is 3.57. The Bertz CT molecular complexity index is 933. The Balaban J connectivity index is 2.62. The summed E-state index contributed by atoms with van der Waals surface area (Å²) in [5.74, 6) is -3.40. The van der Waals surface area contributed by atoms with E-state index in [9.17, 15) is 29.2 Å². The second kappa shape index (κ2) is 6.52. The molecule has 1 saturated heterocycles. The van der Waals surface area contributed by atoms with E-state index in [1.54, 1.807) is 4.98 Å². The van der Waals surface area contributed by atoms with Gasteiger partial charge in [-0.3, -0.25) is 23.7 Å². The fourth-order valence-electron chi connectivity index (χ4n) is 2.85. The minimum atomic E-state index is -5.25. The molecule has 0 amide bonds. The highest BCUT2D eigenvalue weighted by atomic mass is 31.2. The second-order valence-corrected chi connectivity index (χ2v) is 7.78. The van der Waals surface area contributed by atoms with Crippen LogP contribution in [0.3, 0.4) is 0 Å². The maximum Gasteiger partial charge on any atom is 0.468 e. The number of nitrogens with zero attached hydrogens (tertiary/aromatic N) is 1. The summed E-state index contributed by atoms with van der Waals surface area (Å²) >= 11 is 0. The van der Waals surface area contributed by atoms with Gasteiger partial charge in [0.1, 0.15) is 33.5 Å². The second-order valence-electron chi connectivity index (χ2n) is 6.62. The third kappa shape index (κ3) is 3.49. The molecule has 0 aromatic carbocycles. The minimum Gasteiger partial charge on any atom is -0.386 e. The first-order chi connectivity index (χ1) is 12.1. The summed E-state index contributed by atoms with van der Waals surface area (Å²) in [6.45, 7) is 0. The predicted molar refractivity (Wildman–Crippen MR) is 93.1 cm³/mol. The topological polar surface area (TPSA) is 188 Å². The SMILES string of the molecule is BC(B)(OP(=O)(O)O)[C@@]1(F)O[C@@](B)(n2cc(C=O)c(=O)[nH]c2=O)[C@H](O)[C@@H]1O. The van der Waals surface area contributed by atoms with Gasteiger partial charge in [0.2, 0.25) is 0 Å². The summed E-state index contributed by atoms with van der Waals surface area (Å²) in [4.78, 5) is 54.2. The van der Waals surface area contributed by atoms with E-state index in [-0.39, 0.29) is 6.29 Å². The largest absolute Gasteiger partial charge is 0.468 e. The van der Waals surface area contributed by atoms with E-state index in [0.29, 0.717) is 10.8 Å². The van der Waals surface area contributed by atoms with Crippen molar-refractivity contribution in [2.45, 2.75) is 29.1 Å². The molecule has 0 bridgehead atoms. The molecule has 0 radical (unpaired) electrons. The van der Waals surface area contributed by atoms with Gasteiger partial charge in [0.05, 0.1) is 11.0 Å². The number of ether oxygens (including phenoxy) is 1. The Morgan fingerprint density at radius 2 is 1.93 bits per heavy atom. The molecule has 2 heterocycles. The van der Waals surface area contributed by atoms with E-state index in [0.717, 1.165) is 23.5 Å². The van der Waals surface area contributed by atoms with Crippen molar-refractivity contribution in [2.24, 2.45) is 0 Å². The number of alkyl halides is 1. The molecule has 1 fully saturated rings. The van der Waals surface area contributed by atoms with Crippen LogP contribution in [0.25, 0.3) is 0 Å². The number of phosphoric ester groups is 1. The lowest BCUT2D eigenvalue weighted by Crippen LogP contribution is -2.60. The van der Waals surface area contributed by atoms with Crippen LogP contribution in [0, 0.1) is 0 Å². The molecule has 0 saturated carbocycles. The molecule has 0 unspecified atom stereocenters. The number of carbonyl (C=O) groups is 1. The van der Waals surface area contributed by atoms with E-state index >= 15 is 4.39 Å². The van der Waals surface area contributed by atoms with Crippen molar-refractivity contribution in [1.82, 2.24) is 9.55 Å². The van der Waals surface area contributed by atoms with E-state index in [4.69, 9.17) is 14.5 Å². The highest BCUT2D eigenvalue weighted by molar-refractivity contribution is 7.46. The molecule has 12 nitrogen and oxygen atoms in total. The molecule has 4 atom stereocenters. The van der Waals surface area contributed by atoms with Crippen molar-refractivity contribution in [2.75, 3.05) is 0 Å². The smallest absolute Gasteiger partial charge is 0.386 e. The number of hydrogen-bond acceptors (Lipinski definition) is 8. The summed E-state index contributed by atoms with van der Waals surface area (Å²) in [7, 11) is -2.59. The van der Waals surface area contributed by atoms with Crippen molar-refractivity contribution in [1.29, 1.82) is 0 Å². The first-order valence-corrected chi connectivity index (χ1v) is 8.95. The number of phosphoric acid groups is 1. The molecular formula is C10H15B3FN2O10P. The maximum absolute atomic E-state index is 15.5. The minimum absolute atomic E-state index is 0.0967. The average molecular weight is 406 g/mol. The van der Waals surface area contributed by atoms with Gasteiger partial charge in [-0.1, -0.05) is 0 Å². The Labute approximate surface area is 152 Å². The number of carbonyl (C=O) groups excluding carboxylic acids is 1. The molecule has 27 heavy (non-hydrogen) atoms. The summed E-state index contributed by atoms with van der Waals surface area (Å²) in [6.07, 6.45) is -3.81. The van der Waals surface area contributed by atoms with Gasteiger partial charge in [-0.25, -0.2) is 13.8 Å². The molecular weight excluding hydrogens is 391 g/mol. The molecule has 1 aromatic heterocycles. The number of aliphatic hydroxyl groups excluding tert-OH is 2. The Hall–Kier alpha value is -1.54. The molecule has 0 spiro atoms. The summed E-state index contributed by atoms with van der Waals surface area (Å²) in [5, 5.41) is 18.0. The average Bonchev–Trinajstić information content (AvgIpc) is 2.68. The number of aliphatic hydroxyl groups is 2. The molecule has 17 heteroatoms. The predicted octanol–water partition coefficient (Wildman–Crippen LogP) is -5.96. The van der Waals surface area contributed by atoms with Crippen LogP contribution in [0.15, 0.2) is 15.8 Å². The van der Waals surface area contributed by atoms with Gasteiger partial charge in [-0.2, -0.15) is 0 Å². The monoisotopic (exact) mass is 406 g/mol. The highest BCUT2D eigenvalue weighted by Crippen LogP contribution is 2.50. The van der Waals surface area contributed by atoms with E-state index in [1.807, 2.05) is 0 Å². The van der Waals surface area contributed by atoms with Gasteiger partial charge < -0.3 is 24.7 Å². The number of H-pyrrole nitrogens is 1. The zero-order valence-electron chi connectivity index (χ0n) is 14.3. The molecule has 1 aromatic rings. The molecule has 146 valence electrons. The van der Waals surface area contributed by atoms with Crippen molar-refractivity contribution in [3.63, 3.8) is 0 Å². The Morgan fingerprint density at radius 3 is 2.41 bits per heavy atom. The fraction of sp³-hybridized carbons (Fsp3) is 0.500. The number of aromatic amines is 1. The van der Waals surface area contributed by atoms with Gasteiger partial charge in [-0.15, -0.1) is 0 Å². The third-order valence-corrected chi connectivity index (χ3v) is 5.02. The molecule has 2 rings (SSSR count). The first kappa shape index (κ1) is 21.8. The van der Waals surface area contributed by atoms with Gasteiger partial charge in [0, 0.05) is 6.20 Å². The van der Waals surface area contributed by atoms with Gasteiger partial charge >= 0.3 is 13.5 Å². The summed E-state index contributed by atoms with van der Waals surface area (Å²) in [6, 6.07) is 0. The number of halogens is 1. The van der Waals surface area contributed by atoms with Crippen LogP contribution in [-0.4, -0.2) is 82.8 Å². The summed E-state index contributed by atoms with van der Waals surface area (Å²) < 4.78 is 36.5. The van der Waals surface area contributed by atoms with E-state index in [2.05, 4.69) is 4.52 Å². The lowest BCUT2D eigenvalue weighted by molar-refractivity contribution is -0.240. The van der Waals surface area contributed by atoms with Gasteiger partial charge in [-0.05, 0) is 0 Å². The molecule has 0 aliphatic carbocycles. The van der Waals surface area contributed by atoms with Crippen molar-refractivity contribution in [3.8, 4) is 0 Å². The lowest BCUT2D eigenvalue weighted by atomic mass is 9.59. The summed E-state index contributed by atoms with van der Waals surface area (Å²) in [5.41, 5.74) is -5.16. The van der Waals surface area contributed by atoms with Crippen LogP contribution in [0.2, 0.25) is 0 Å². The molecule has 5 N–H and O–H groups in total. The highest BCUT2D eigenvalue weighted by Gasteiger charge is 2.68. The van der Waals surface area contributed by atoms with Crippen LogP contribution in [0.4, 0.5) is 4.39 Å². The lowest BCUT2D eigenvalue weighted by Gasteiger charge is -2.39. The van der Waals surface area contributed by atoms with Crippen LogP contribution >= 0.6 is 7.82 Å². The first-order valence-electron chi connectivity index (χ1n) is 7.42. The standard InChI is InChI=1S/C10H15B3FN2O10P/c11-9(16-1-3(2-17)6(20)15-7(16)21)5(19)4(18)8(14,25-9)10(12,13)26-27(22,23)24/h1-2,4-5,18-19H,11-13H2,(H,15,20,21)(H2,22,23,24)/t4-,5+,8-,9-/m0/s1. The van der Waals surface area contributed by atoms with Crippen molar-refractivity contribution < 1.29 is 43.0 Å². The third-order valence-electron chi connectivity index (χ3n) is 4.33. The van der Waals surface area contributed by atoms with Crippen LogP contribution < -0.4 is 11.2 Å². The number of rotatable bonds is 5. The van der Waals surface area contributed by atoms with Crippen LogP contribution in [0.1, 0.15) is 10.4 Å². The quantitative estimate of drug-likeness (QED) is 0.179. The van der Waals surface area contributed by atoms with Crippen LogP contribution in [0.5, 0.6) is 0 Å². The van der Waals surface area contributed by atoms with Crippen molar-refractivity contribution >= 4 is 37.6 Å². The maximum atomic E-state index is 15.5. The van der Waals surface area contributed by atoms with Gasteiger partial charge in [0.15, 0.2) is 14.1 Å².